The largest absolute Gasteiger partial charge is 0.338 e. The summed E-state index contributed by atoms with van der Waals surface area (Å²) >= 11 is 0. The van der Waals surface area contributed by atoms with Crippen LogP contribution in [0.1, 0.15) is 19.4 Å². The van der Waals surface area contributed by atoms with Crippen LogP contribution >= 0.6 is 0 Å². The van der Waals surface area contributed by atoms with E-state index in [2.05, 4.69) is 0 Å². The average Bonchev–Trinajstić information content (AvgIpc) is 2.44. The lowest BCUT2D eigenvalue weighted by atomic mass is 10.2. The molecule has 1 amide bonds. The number of likely N-dealkylation sites (N-methyl/N-ethyl adjacent to an activating group) is 1. The van der Waals surface area contributed by atoms with E-state index < -0.39 is 9.84 Å². The minimum absolute atomic E-state index is 0.00901. The van der Waals surface area contributed by atoms with Crippen LogP contribution in [0.4, 0.5) is 0 Å². The fourth-order valence-electron chi connectivity index (χ4n) is 1.66. The molecule has 1 atom stereocenters. The maximum Gasteiger partial charge on any atom is 0.246 e. The summed E-state index contributed by atoms with van der Waals surface area (Å²) in [5, 5.41) is 0. The highest BCUT2D eigenvalue weighted by Crippen LogP contribution is 2.05. The third kappa shape index (κ3) is 5.17. The van der Waals surface area contributed by atoms with Crippen LogP contribution in [0.25, 0.3) is 6.08 Å². The molecule has 4 nitrogen and oxygen atoms in total. The quantitative estimate of drug-likeness (QED) is 0.754. The highest BCUT2D eigenvalue weighted by molar-refractivity contribution is 7.91. The van der Waals surface area contributed by atoms with Crippen LogP contribution in [0.15, 0.2) is 36.4 Å². The molecule has 0 aliphatic rings. The van der Waals surface area contributed by atoms with Gasteiger partial charge in [0.2, 0.25) is 5.91 Å². The van der Waals surface area contributed by atoms with Gasteiger partial charge >= 0.3 is 0 Å². The van der Waals surface area contributed by atoms with E-state index in [1.807, 2.05) is 30.3 Å². The number of hydrogen-bond donors (Lipinski definition) is 0. The first-order valence-corrected chi connectivity index (χ1v) is 8.38. The van der Waals surface area contributed by atoms with Gasteiger partial charge in [-0.25, -0.2) is 8.42 Å². The molecule has 0 saturated carbocycles. The normalized spacial score (nSPS) is 13.3. The van der Waals surface area contributed by atoms with Gasteiger partial charge in [0.15, 0.2) is 9.84 Å². The number of sulfone groups is 1. The van der Waals surface area contributed by atoms with Crippen molar-refractivity contribution in [3.05, 3.63) is 42.0 Å². The van der Waals surface area contributed by atoms with E-state index >= 15 is 0 Å². The molecule has 1 aromatic carbocycles. The first-order chi connectivity index (χ1) is 9.35. The fourth-order valence-corrected chi connectivity index (χ4v) is 2.86. The van der Waals surface area contributed by atoms with Gasteiger partial charge in [-0.05, 0) is 18.6 Å². The molecule has 0 radical (unpaired) electrons. The van der Waals surface area contributed by atoms with Crippen LogP contribution in [0.5, 0.6) is 0 Å². The Bertz CT molecular complexity index is 564. The number of amides is 1. The zero-order chi connectivity index (χ0) is 15.2. The minimum Gasteiger partial charge on any atom is -0.338 e. The predicted molar refractivity (Wildman–Crippen MR) is 82.0 cm³/mol. The van der Waals surface area contributed by atoms with Gasteiger partial charge in [0, 0.05) is 24.9 Å². The second-order valence-electron chi connectivity index (χ2n) is 4.74. The average molecular weight is 295 g/mol. The van der Waals surface area contributed by atoms with Crippen LogP contribution in [0, 0.1) is 0 Å². The molecule has 1 rings (SSSR count). The van der Waals surface area contributed by atoms with E-state index in [0.29, 0.717) is 0 Å². The lowest BCUT2D eigenvalue weighted by Crippen LogP contribution is -2.38. The molecule has 1 aromatic rings. The Kier molecular flexibility index (Phi) is 5.95. The molecule has 110 valence electrons. The van der Waals surface area contributed by atoms with Gasteiger partial charge in [0.05, 0.1) is 5.75 Å². The van der Waals surface area contributed by atoms with Gasteiger partial charge in [0.25, 0.3) is 0 Å². The first kappa shape index (κ1) is 16.4. The van der Waals surface area contributed by atoms with Crippen molar-refractivity contribution in [3.63, 3.8) is 0 Å². The van der Waals surface area contributed by atoms with Gasteiger partial charge in [-0.15, -0.1) is 0 Å². The second-order valence-corrected chi connectivity index (χ2v) is 7.14. The van der Waals surface area contributed by atoms with Crippen LogP contribution in [-0.2, 0) is 14.6 Å². The molecule has 0 spiro atoms. The molecule has 0 aromatic heterocycles. The van der Waals surface area contributed by atoms with Crippen LogP contribution in [-0.4, -0.2) is 43.8 Å². The molecular weight excluding hydrogens is 274 g/mol. The number of nitrogens with zero attached hydrogens (tertiary/aromatic N) is 1. The molecule has 0 aliphatic heterocycles. The van der Waals surface area contributed by atoms with Gasteiger partial charge in [0.1, 0.15) is 0 Å². The molecule has 0 heterocycles. The molecule has 0 saturated heterocycles. The van der Waals surface area contributed by atoms with Gasteiger partial charge in [-0.3, -0.25) is 4.79 Å². The van der Waals surface area contributed by atoms with Crippen LogP contribution < -0.4 is 0 Å². The predicted octanol–water partition coefficient (Wildman–Crippen LogP) is 1.98. The zero-order valence-electron chi connectivity index (χ0n) is 12.1. The van der Waals surface area contributed by atoms with Crippen molar-refractivity contribution in [2.75, 3.05) is 18.6 Å². The lowest BCUT2D eigenvalue weighted by Gasteiger charge is -2.23. The van der Waals surface area contributed by atoms with Crippen LogP contribution in [0.2, 0.25) is 0 Å². The molecule has 0 N–H and O–H groups in total. The Balaban J connectivity index is 2.65. The van der Waals surface area contributed by atoms with Gasteiger partial charge < -0.3 is 4.90 Å². The Labute approximate surface area is 121 Å². The molecular formula is C15H21NO3S. The topological polar surface area (TPSA) is 54.5 Å². The Morgan fingerprint density at radius 1 is 1.30 bits per heavy atom. The van der Waals surface area contributed by atoms with Gasteiger partial charge in [-0.1, -0.05) is 37.3 Å². The van der Waals surface area contributed by atoms with Crippen molar-refractivity contribution in [2.45, 2.75) is 19.9 Å². The fraction of sp³-hybridized carbons (Fsp3) is 0.400. The van der Waals surface area contributed by atoms with Crippen molar-refractivity contribution < 1.29 is 13.2 Å². The Morgan fingerprint density at radius 3 is 2.45 bits per heavy atom. The minimum atomic E-state index is -3.08. The van der Waals surface area contributed by atoms with E-state index in [-0.39, 0.29) is 23.5 Å². The summed E-state index contributed by atoms with van der Waals surface area (Å²) in [6.45, 7) is 3.35. The van der Waals surface area contributed by atoms with Crippen molar-refractivity contribution in [3.8, 4) is 0 Å². The van der Waals surface area contributed by atoms with E-state index in [9.17, 15) is 13.2 Å². The molecule has 0 bridgehead atoms. The van der Waals surface area contributed by atoms with Crippen molar-refractivity contribution in [1.82, 2.24) is 4.90 Å². The molecule has 20 heavy (non-hydrogen) atoms. The molecule has 0 fully saturated rings. The molecule has 0 aliphatic carbocycles. The summed E-state index contributed by atoms with van der Waals surface area (Å²) in [5.41, 5.74) is 0.933. The van der Waals surface area contributed by atoms with E-state index in [0.717, 1.165) is 5.56 Å². The second kappa shape index (κ2) is 7.24. The summed E-state index contributed by atoms with van der Waals surface area (Å²) in [6.07, 6.45) is 3.18. The lowest BCUT2D eigenvalue weighted by molar-refractivity contribution is -0.126. The monoisotopic (exact) mass is 295 g/mol. The Morgan fingerprint density at radius 2 is 1.90 bits per heavy atom. The molecule has 0 unspecified atom stereocenters. The van der Waals surface area contributed by atoms with Crippen LogP contribution in [0.3, 0.4) is 0 Å². The smallest absolute Gasteiger partial charge is 0.246 e. The summed E-state index contributed by atoms with van der Waals surface area (Å²) in [6, 6.07) is 9.15. The first-order valence-electron chi connectivity index (χ1n) is 6.56. The van der Waals surface area contributed by atoms with E-state index in [4.69, 9.17) is 0 Å². The summed E-state index contributed by atoms with van der Waals surface area (Å²) in [5.74, 6) is -0.114. The van der Waals surface area contributed by atoms with E-state index in [1.54, 1.807) is 27.0 Å². The summed E-state index contributed by atoms with van der Waals surface area (Å²) < 4.78 is 23.1. The SMILES string of the molecule is CCS(=O)(=O)C[C@@H](C)N(C)C(=O)/C=C/c1ccccc1. The molecule has 5 heteroatoms. The number of rotatable bonds is 6. The van der Waals surface area contributed by atoms with Crippen molar-refractivity contribution in [1.29, 1.82) is 0 Å². The Hall–Kier alpha value is -1.62. The standard InChI is InChI=1S/C15H21NO3S/c1-4-20(18,19)12-13(2)16(3)15(17)11-10-14-8-6-5-7-9-14/h5-11,13H,4,12H2,1-3H3/b11-10+/t13-/m1/s1. The highest BCUT2D eigenvalue weighted by Gasteiger charge is 2.19. The third-order valence-corrected chi connectivity index (χ3v) is 5.03. The highest BCUT2D eigenvalue weighted by atomic mass is 32.2. The third-order valence-electron chi connectivity index (χ3n) is 3.16. The van der Waals surface area contributed by atoms with Crippen molar-refractivity contribution in [2.24, 2.45) is 0 Å². The number of hydrogen-bond acceptors (Lipinski definition) is 3. The maximum atomic E-state index is 12.0. The van der Waals surface area contributed by atoms with E-state index in [1.165, 1.54) is 11.0 Å². The summed E-state index contributed by atoms with van der Waals surface area (Å²) in [7, 11) is -1.46. The zero-order valence-corrected chi connectivity index (χ0v) is 12.9. The number of benzene rings is 1. The van der Waals surface area contributed by atoms with Crippen molar-refractivity contribution >= 4 is 21.8 Å². The van der Waals surface area contributed by atoms with Gasteiger partial charge in [-0.2, -0.15) is 0 Å². The maximum absolute atomic E-state index is 12.0. The number of carbonyl (C=O) groups excluding carboxylic acids is 1. The summed E-state index contributed by atoms with van der Waals surface area (Å²) in [4.78, 5) is 13.4. The number of carbonyl (C=O) groups is 1.